The molecule has 0 spiro atoms. The average molecular weight is 193 g/mol. The van der Waals surface area contributed by atoms with Crippen LogP contribution in [0, 0.1) is 0 Å². The van der Waals surface area contributed by atoms with E-state index in [1.54, 1.807) is 25.9 Å². The van der Waals surface area contributed by atoms with Crippen molar-refractivity contribution in [2.75, 3.05) is 20.7 Å². The third-order valence-corrected chi connectivity index (χ3v) is 1.40. The molecule has 13 heavy (non-hydrogen) atoms. The smallest absolute Gasteiger partial charge is 0.320 e. The summed E-state index contributed by atoms with van der Waals surface area (Å²) in [4.78, 5) is 11.7. The van der Waals surface area contributed by atoms with E-state index in [-0.39, 0.29) is 12.6 Å². The van der Waals surface area contributed by atoms with Crippen LogP contribution in [0.2, 0.25) is 0 Å². The number of hydrogen-bond acceptors (Lipinski definition) is 4. The number of carboxylic acid groups (broad SMARTS) is 1. The highest BCUT2D eigenvalue weighted by Gasteiger charge is 2.11. The van der Waals surface area contributed by atoms with Gasteiger partial charge in [-0.3, -0.25) is 9.69 Å². The minimum Gasteiger partial charge on any atom is -0.480 e. The van der Waals surface area contributed by atoms with E-state index in [1.807, 2.05) is 0 Å². The molecule has 0 rings (SSSR count). The number of hydrogen-bond donors (Lipinski definition) is 3. The fourth-order valence-corrected chi connectivity index (χ4v) is 0.221. The van der Waals surface area contributed by atoms with Crippen molar-refractivity contribution in [3.05, 3.63) is 0 Å². The van der Waals surface area contributed by atoms with Gasteiger partial charge in [0.2, 0.25) is 0 Å². The van der Waals surface area contributed by atoms with Gasteiger partial charge in [-0.1, -0.05) is 0 Å². The molecular formula is C8H19NO4. The predicted octanol–water partition coefficient (Wildman–Crippen LogP) is -0.619. The number of carboxylic acids is 1. The summed E-state index contributed by atoms with van der Waals surface area (Å²) in [7, 11) is 3.47. The number of likely N-dealkylation sites (N-methyl/N-ethyl adjacent to an activating group) is 1. The van der Waals surface area contributed by atoms with E-state index in [0.29, 0.717) is 0 Å². The molecule has 0 aliphatic rings. The monoisotopic (exact) mass is 193 g/mol. The van der Waals surface area contributed by atoms with Crippen molar-refractivity contribution < 1.29 is 20.1 Å². The van der Waals surface area contributed by atoms with Crippen molar-refractivity contribution in [2.45, 2.75) is 26.0 Å². The number of rotatable bonds is 3. The maximum absolute atomic E-state index is 10.1. The fraction of sp³-hybridized carbons (Fsp3) is 0.875. The van der Waals surface area contributed by atoms with Gasteiger partial charge in [-0.05, 0) is 27.9 Å². The molecule has 80 valence electrons. The quantitative estimate of drug-likeness (QED) is 0.556. The molecule has 0 aromatic heterocycles. The van der Waals surface area contributed by atoms with Crippen LogP contribution in [0.15, 0.2) is 0 Å². The Hall–Kier alpha value is -0.650. The van der Waals surface area contributed by atoms with Gasteiger partial charge in [0.25, 0.3) is 0 Å². The molecule has 0 saturated heterocycles. The maximum atomic E-state index is 10.1. The largest absolute Gasteiger partial charge is 0.480 e. The van der Waals surface area contributed by atoms with Crippen LogP contribution in [0.3, 0.4) is 0 Å². The lowest BCUT2D eigenvalue weighted by molar-refractivity contribution is -0.141. The van der Waals surface area contributed by atoms with Crippen LogP contribution in [-0.4, -0.2) is 59.0 Å². The van der Waals surface area contributed by atoms with Crippen LogP contribution in [0.25, 0.3) is 0 Å². The van der Waals surface area contributed by atoms with E-state index in [2.05, 4.69) is 0 Å². The molecule has 0 heterocycles. The highest BCUT2D eigenvalue weighted by molar-refractivity contribution is 5.72. The first-order valence-electron chi connectivity index (χ1n) is 4.01. The van der Waals surface area contributed by atoms with Gasteiger partial charge in [-0.15, -0.1) is 0 Å². The lowest BCUT2D eigenvalue weighted by Crippen LogP contribution is -2.32. The normalized spacial score (nSPS) is 14.4. The number of carbonyl (C=O) groups is 1. The Morgan fingerprint density at radius 2 is 1.69 bits per heavy atom. The van der Waals surface area contributed by atoms with E-state index in [4.69, 9.17) is 15.3 Å². The summed E-state index contributed by atoms with van der Waals surface area (Å²) in [6.07, 6.45) is -0.560. The summed E-state index contributed by atoms with van der Waals surface area (Å²) in [5.41, 5.74) is 0. The van der Waals surface area contributed by atoms with Gasteiger partial charge < -0.3 is 15.3 Å². The second-order valence-electron chi connectivity index (χ2n) is 3.01. The van der Waals surface area contributed by atoms with Crippen LogP contribution >= 0.6 is 0 Å². The van der Waals surface area contributed by atoms with E-state index >= 15 is 0 Å². The third kappa shape index (κ3) is 11.3. The molecule has 0 aromatic carbocycles. The minimum atomic E-state index is -0.782. The Bertz CT molecular complexity index is 136. The van der Waals surface area contributed by atoms with Gasteiger partial charge in [-0.25, -0.2) is 0 Å². The number of nitrogens with zero attached hydrogens (tertiary/aromatic N) is 1. The van der Waals surface area contributed by atoms with Gasteiger partial charge in [0.05, 0.1) is 12.7 Å². The zero-order valence-corrected chi connectivity index (χ0v) is 8.56. The molecule has 5 nitrogen and oxygen atoms in total. The molecule has 2 unspecified atom stereocenters. The molecule has 0 aliphatic carbocycles. The van der Waals surface area contributed by atoms with E-state index < -0.39 is 12.1 Å². The number of aliphatic carboxylic acids is 1. The van der Waals surface area contributed by atoms with Gasteiger partial charge in [0, 0.05) is 0 Å². The van der Waals surface area contributed by atoms with Crippen LogP contribution in [0.4, 0.5) is 0 Å². The molecule has 0 saturated carbocycles. The summed E-state index contributed by atoms with van der Waals surface area (Å²) in [6, 6.07) is -0.380. The van der Waals surface area contributed by atoms with Crippen molar-refractivity contribution in [1.29, 1.82) is 0 Å². The van der Waals surface area contributed by atoms with Crippen LogP contribution in [0.1, 0.15) is 13.8 Å². The van der Waals surface area contributed by atoms with Crippen molar-refractivity contribution in [3.63, 3.8) is 0 Å². The van der Waals surface area contributed by atoms with Crippen LogP contribution in [0.5, 0.6) is 0 Å². The van der Waals surface area contributed by atoms with Gasteiger partial charge >= 0.3 is 5.97 Å². The molecule has 0 radical (unpaired) electrons. The molecule has 2 atom stereocenters. The SMILES string of the molecule is CC(C(=O)O)N(C)C.CC(O)CO. The molecule has 0 aromatic rings. The van der Waals surface area contributed by atoms with Crippen LogP contribution in [-0.2, 0) is 4.79 Å². The van der Waals surface area contributed by atoms with Crippen molar-refractivity contribution in [3.8, 4) is 0 Å². The molecule has 0 amide bonds. The molecule has 0 fully saturated rings. The Morgan fingerprint density at radius 1 is 1.38 bits per heavy atom. The van der Waals surface area contributed by atoms with E-state index in [0.717, 1.165) is 0 Å². The minimum absolute atomic E-state index is 0.139. The average Bonchev–Trinajstić information content (AvgIpc) is 2.03. The topological polar surface area (TPSA) is 81.0 Å². The van der Waals surface area contributed by atoms with E-state index in [1.165, 1.54) is 6.92 Å². The van der Waals surface area contributed by atoms with Crippen molar-refractivity contribution >= 4 is 5.97 Å². The lowest BCUT2D eigenvalue weighted by atomic mass is 10.3. The molecule has 0 aliphatic heterocycles. The predicted molar refractivity (Wildman–Crippen MR) is 49.6 cm³/mol. The highest BCUT2D eigenvalue weighted by Crippen LogP contribution is 1.88. The van der Waals surface area contributed by atoms with Crippen LogP contribution < -0.4 is 0 Å². The highest BCUT2D eigenvalue weighted by atomic mass is 16.4. The molecule has 3 N–H and O–H groups in total. The second kappa shape index (κ2) is 7.97. The number of aliphatic hydroxyl groups is 2. The molecule has 0 bridgehead atoms. The van der Waals surface area contributed by atoms with Gasteiger partial charge in [0.15, 0.2) is 0 Å². The Balaban J connectivity index is 0. The summed E-state index contributed by atoms with van der Waals surface area (Å²) in [5, 5.41) is 24.3. The van der Waals surface area contributed by atoms with Crippen molar-refractivity contribution in [2.24, 2.45) is 0 Å². The van der Waals surface area contributed by atoms with Gasteiger partial charge in [0.1, 0.15) is 6.04 Å². The zero-order valence-electron chi connectivity index (χ0n) is 8.56. The van der Waals surface area contributed by atoms with E-state index in [9.17, 15) is 4.79 Å². The third-order valence-electron chi connectivity index (χ3n) is 1.40. The number of aliphatic hydroxyl groups excluding tert-OH is 2. The Kier molecular flexibility index (Phi) is 9.11. The molecule has 5 heteroatoms. The second-order valence-corrected chi connectivity index (χ2v) is 3.01. The lowest BCUT2D eigenvalue weighted by Gasteiger charge is -2.13. The first-order valence-corrected chi connectivity index (χ1v) is 4.01. The molecular weight excluding hydrogens is 174 g/mol. The fourth-order valence-electron chi connectivity index (χ4n) is 0.221. The van der Waals surface area contributed by atoms with Crippen molar-refractivity contribution in [1.82, 2.24) is 4.90 Å². The maximum Gasteiger partial charge on any atom is 0.320 e. The summed E-state index contributed by atoms with van der Waals surface area (Å²) in [6.45, 7) is 3.03. The van der Waals surface area contributed by atoms with Gasteiger partial charge in [-0.2, -0.15) is 0 Å². The summed E-state index contributed by atoms with van der Waals surface area (Å²) < 4.78 is 0. The first kappa shape index (κ1) is 14.9. The Labute approximate surface area is 78.6 Å². The summed E-state index contributed by atoms with van der Waals surface area (Å²) >= 11 is 0. The Morgan fingerprint density at radius 3 is 1.69 bits per heavy atom. The standard InChI is InChI=1S/C5H11NO2.C3H8O2/c1-4(5(7)8)6(2)3;1-3(5)2-4/h4H,1-3H3,(H,7,8);3-5H,2H2,1H3. The zero-order chi connectivity index (χ0) is 11.0. The first-order chi connectivity index (χ1) is 5.82. The summed E-state index contributed by atoms with van der Waals surface area (Å²) in [5.74, 6) is -0.782.